The quantitative estimate of drug-likeness (QED) is 0.701. The first-order valence-corrected chi connectivity index (χ1v) is 9.99. The molecule has 29 heavy (non-hydrogen) atoms. The molecule has 6 heteroatoms. The van der Waals surface area contributed by atoms with E-state index in [1.165, 1.54) is 0 Å². The van der Waals surface area contributed by atoms with Crippen molar-refractivity contribution in [1.29, 1.82) is 0 Å². The highest BCUT2D eigenvalue weighted by atomic mass is 16.7. The predicted molar refractivity (Wildman–Crippen MR) is 108 cm³/mol. The first kappa shape index (κ1) is 19.3. The molecule has 6 nitrogen and oxygen atoms in total. The average molecular weight is 395 g/mol. The van der Waals surface area contributed by atoms with E-state index in [1.807, 2.05) is 35.2 Å². The van der Waals surface area contributed by atoms with Crippen LogP contribution in [-0.2, 0) is 11.2 Å². The van der Waals surface area contributed by atoms with Crippen LogP contribution in [0.1, 0.15) is 35.2 Å². The van der Waals surface area contributed by atoms with Crippen molar-refractivity contribution >= 4 is 11.7 Å². The van der Waals surface area contributed by atoms with E-state index in [1.54, 1.807) is 19.2 Å². The normalized spacial score (nSPS) is 17.8. The summed E-state index contributed by atoms with van der Waals surface area (Å²) in [6, 6.07) is 13.1. The third kappa shape index (κ3) is 4.21. The van der Waals surface area contributed by atoms with Gasteiger partial charge in [-0.1, -0.05) is 18.2 Å². The molecule has 0 aromatic heterocycles. The zero-order valence-electron chi connectivity index (χ0n) is 16.6. The maximum atomic E-state index is 13.0. The van der Waals surface area contributed by atoms with Gasteiger partial charge < -0.3 is 19.1 Å². The number of carbonyl (C=O) groups is 2. The van der Waals surface area contributed by atoms with Gasteiger partial charge in [-0.05, 0) is 49.1 Å². The lowest BCUT2D eigenvalue weighted by atomic mass is 9.89. The summed E-state index contributed by atoms with van der Waals surface area (Å²) in [4.78, 5) is 27.6. The van der Waals surface area contributed by atoms with E-state index in [0.29, 0.717) is 37.2 Å². The van der Waals surface area contributed by atoms with E-state index >= 15 is 0 Å². The Bertz CT molecular complexity index is 910. The van der Waals surface area contributed by atoms with Crippen molar-refractivity contribution in [3.63, 3.8) is 0 Å². The summed E-state index contributed by atoms with van der Waals surface area (Å²) in [5, 5.41) is 0. The maximum Gasteiger partial charge on any atom is 0.231 e. The molecule has 0 radical (unpaired) electrons. The van der Waals surface area contributed by atoms with Crippen LogP contribution in [-0.4, -0.2) is 43.6 Å². The van der Waals surface area contributed by atoms with Crippen LogP contribution < -0.4 is 14.2 Å². The van der Waals surface area contributed by atoms with E-state index in [-0.39, 0.29) is 24.4 Å². The Balaban J connectivity index is 1.36. The van der Waals surface area contributed by atoms with Crippen molar-refractivity contribution in [1.82, 2.24) is 4.90 Å². The third-order valence-electron chi connectivity index (χ3n) is 5.58. The van der Waals surface area contributed by atoms with Crippen LogP contribution in [0.15, 0.2) is 42.5 Å². The molecule has 4 rings (SSSR count). The molecule has 2 aromatic rings. The summed E-state index contributed by atoms with van der Waals surface area (Å²) in [5.41, 5.74) is 1.64. The monoisotopic (exact) mass is 395 g/mol. The molecule has 1 atom stereocenters. The lowest BCUT2D eigenvalue weighted by Gasteiger charge is -2.32. The van der Waals surface area contributed by atoms with Gasteiger partial charge in [0, 0.05) is 25.4 Å². The molecule has 0 aliphatic carbocycles. The van der Waals surface area contributed by atoms with Gasteiger partial charge >= 0.3 is 0 Å². The summed E-state index contributed by atoms with van der Waals surface area (Å²) in [6.07, 6.45) is 2.68. The molecule has 0 spiro atoms. The van der Waals surface area contributed by atoms with Gasteiger partial charge in [-0.2, -0.15) is 0 Å². The molecule has 0 N–H and O–H groups in total. The van der Waals surface area contributed by atoms with Gasteiger partial charge in [0.25, 0.3) is 0 Å². The number of ether oxygens (including phenoxy) is 3. The van der Waals surface area contributed by atoms with Gasteiger partial charge in [-0.15, -0.1) is 0 Å². The highest BCUT2D eigenvalue weighted by molar-refractivity contribution is 6.00. The Labute approximate surface area is 170 Å². The zero-order valence-corrected chi connectivity index (χ0v) is 16.6. The Morgan fingerprint density at radius 2 is 1.97 bits per heavy atom. The smallest absolute Gasteiger partial charge is 0.231 e. The average Bonchev–Trinajstić information content (AvgIpc) is 3.25. The number of rotatable bonds is 6. The molecule has 2 aliphatic rings. The highest BCUT2D eigenvalue weighted by Gasteiger charge is 2.30. The molecule has 152 valence electrons. The summed E-state index contributed by atoms with van der Waals surface area (Å²) in [5.74, 6) is 2.01. The first-order chi connectivity index (χ1) is 14.2. The zero-order chi connectivity index (χ0) is 20.2. The molecule has 2 aromatic carbocycles. The number of hydrogen-bond acceptors (Lipinski definition) is 5. The van der Waals surface area contributed by atoms with Crippen LogP contribution in [0.25, 0.3) is 0 Å². The topological polar surface area (TPSA) is 65.1 Å². The Morgan fingerprint density at radius 1 is 1.14 bits per heavy atom. The molecule has 2 heterocycles. The van der Waals surface area contributed by atoms with Gasteiger partial charge in [0.15, 0.2) is 17.3 Å². The standard InChI is InChI=1S/C23H25NO5/c1-27-19-7-3-2-6-18(19)23(26)17-5-4-12-24(14-17)22(25)11-9-16-8-10-20-21(13-16)29-15-28-20/h2-3,6-8,10,13,17H,4-5,9,11-12,14-15H2,1H3/t17-/m1/s1. The summed E-state index contributed by atoms with van der Waals surface area (Å²) >= 11 is 0. The minimum absolute atomic E-state index is 0.0516. The van der Waals surface area contributed by atoms with Crippen molar-refractivity contribution in [2.75, 3.05) is 27.0 Å². The van der Waals surface area contributed by atoms with Gasteiger partial charge in [-0.3, -0.25) is 9.59 Å². The molecular formula is C23H25NO5. The van der Waals surface area contributed by atoms with Crippen molar-refractivity contribution in [2.45, 2.75) is 25.7 Å². The number of Topliss-reactive ketones (excluding diaryl/α,β-unsaturated/α-hetero) is 1. The number of ketones is 1. The molecule has 2 aliphatic heterocycles. The van der Waals surface area contributed by atoms with E-state index < -0.39 is 0 Å². The van der Waals surface area contributed by atoms with Crippen LogP contribution >= 0.6 is 0 Å². The Kier molecular flexibility index (Phi) is 5.69. The van der Waals surface area contributed by atoms with Gasteiger partial charge in [0.1, 0.15) is 5.75 Å². The number of fused-ring (bicyclic) bond motifs is 1. The predicted octanol–water partition coefficient (Wildman–Crippen LogP) is 3.48. The van der Waals surface area contributed by atoms with Crippen molar-refractivity contribution in [3.05, 3.63) is 53.6 Å². The van der Waals surface area contributed by atoms with Crippen LogP contribution in [0.3, 0.4) is 0 Å². The molecule has 1 amide bonds. The SMILES string of the molecule is COc1ccccc1C(=O)[C@@H]1CCCN(C(=O)CCc2ccc3c(c2)OCO3)C1. The number of aryl methyl sites for hydroxylation is 1. The summed E-state index contributed by atoms with van der Waals surface area (Å²) in [7, 11) is 1.57. The second-order valence-corrected chi connectivity index (χ2v) is 7.43. The molecule has 0 saturated carbocycles. The van der Waals surface area contributed by atoms with Crippen LogP contribution in [0, 0.1) is 5.92 Å². The first-order valence-electron chi connectivity index (χ1n) is 9.99. The minimum Gasteiger partial charge on any atom is -0.496 e. The Morgan fingerprint density at radius 3 is 2.83 bits per heavy atom. The molecular weight excluding hydrogens is 370 g/mol. The minimum atomic E-state index is -0.186. The van der Waals surface area contributed by atoms with Crippen LogP contribution in [0.4, 0.5) is 0 Å². The van der Waals surface area contributed by atoms with Gasteiger partial charge in [-0.25, -0.2) is 0 Å². The lowest BCUT2D eigenvalue weighted by molar-refractivity contribution is -0.132. The van der Waals surface area contributed by atoms with E-state index in [2.05, 4.69) is 0 Å². The molecule has 1 saturated heterocycles. The van der Waals surface area contributed by atoms with Crippen molar-refractivity contribution in [2.24, 2.45) is 5.92 Å². The van der Waals surface area contributed by atoms with Crippen molar-refractivity contribution < 1.29 is 23.8 Å². The van der Waals surface area contributed by atoms with Crippen molar-refractivity contribution in [3.8, 4) is 17.2 Å². The second-order valence-electron chi connectivity index (χ2n) is 7.43. The number of likely N-dealkylation sites (tertiary alicyclic amines) is 1. The summed E-state index contributed by atoms with van der Waals surface area (Å²) in [6.45, 7) is 1.42. The summed E-state index contributed by atoms with van der Waals surface area (Å²) < 4.78 is 16.1. The van der Waals surface area contributed by atoms with Gasteiger partial charge in [0.05, 0.1) is 12.7 Å². The maximum absolute atomic E-state index is 13.0. The number of methoxy groups -OCH3 is 1. The van der Waals surface area contributed by atoms with E-state index in [9.17, 15) is 9.59 Å². The lowest BCUT2D eigenvalue weighted by Crippen LogP contribution is -2.42. The number of nitrogens with zero attached hydrogens (tertiary/aromatic N) is 1. The van der Waals surface area contributed by atoms with Gasteiger partial charge in [0.2, 0.25) is 12.7 Å². The Hall–Kier alpha value is -3.02. The number of amides is 1. The molecule has 0 bridgehead atoms. The number of carbonyl (C=O) groups excluding carboxylic acids is 2. The molecule has 0 unspecified atom stereocenters. The molecule has 1 fully saturated rings. The number of benzene rings is 2. The number of para-hydroxylation sites is 1. The fourth-order valence-corrected chi connectivity index (χ4v) is 3.99. The largest absolute Gasteiger partial charge is 0.496 e. The van der Waals surface area contributed by atoms with Crippen LogP contribution in [0.5, 0.6) is 17.2 Å². The van der Waals surface area contributed by atoms with E-state index in [4.69, 9.17) is 14.2 Å². The number of piperidine rings is 1. The second kappa shape index (κ2) is 8.55. The van der Waals surface area contributed by atoms with Crippen LogP contribution in [0.2, 0.25) is 0 Å². The third-order valence-corrected chi connectivity index (χ3v) is 5.58. The highest BCUT2D eigenvalue weighted by Crippen LogP contribution is 2.33. The fourth-order valence-electron chi connectivity index (χ4n) is 3.99. The fraction of sp³-hybridized carbons (Fsp3) is 0.391. The van der Waals surface area contributed by atoms with E-state index in [0.717, 1.165) is 29.9 Å². The number of hydrogen-bond donors (Lipinski definition) is 0.